The molecule has 0 atom stereocenters. The number of para-hydroxylation sites is 1. The normalized spacial score (nSPS) is 16.6. The summed E-state index contributed by atoms with van der Waals surface area (Å²) in [5.74, 6) is 1.40. The average molecular weight is 275 g/mol. The number of aliphatic imine (C=N–C) groups is 1. The van der Waals surface area contributed by atoms with E-state index < -0.39 is 0 Å². The van der Waals surface area contributed by atoms with E-state index in [0.29, 0.717) is 18.6 Å². The van der Waals surface area contributed by atoms with Crippen LogP contribution in [0.1, 0.15) is 45.6 Å². The van der Waals surface area contributed by atoms with E-state index in [1.54, 1.807) is 0 Å². The summed E-state index contributed by atoms with van der Waals surface area (Å²) in [5, 5.41) is 3.16. The molecule has 0 saturated heterocycles. The fourth-order valence-electron chi connectivity index (χ4n) is 2.01. The zero-order chi connectivity index (χ0) is 14.6. The number of nitrogens with zero attached hydrogens (tertiary/aromatic N) is 1. The Bertz CT molecular complexity index is 473. The molecule has 4 nitrogen and oxygen atoms in total. The Hall–Kier alpha value is -1.71. The van der Waals surface area contributed by atoms with E-state index in [-0.39, 0.29) is 5.54 Å². The van der Waals surface area contributed by atoms with Gasteiger partial charge in [0.05, 0.1) is 12.6 Å². The maximum atomic E-state index is 5.98. The molecule has 0 bridgehead atoms. The van der Waals surface area contributed by atoms with Gasteiger partial charge < -0.3 is 15.8 Å². The predicted octanol–water partition coefficient (Wildman–Crippen LogP) is 2.82. The Kier molecular flexibility index (Phi) is 4.53. The van der Waals surface area contributed by atoms with Crippen molar-refractivity contribution in [2.45, 2.75) is 58.2 Å². The molecule has 3 N–H and O–H groups in total. The van der Waals surface area contributed by atoms with Gasteiger partial charge >= 0.3 is 0 Å². The van der Waals surface area contributed by atoms with Crippen molar-refractivity contribution in [3.8, 4) is 5.75 Å². The summed E-state index contributed by atoms with van der Waals surface area (Å²) in [6, 6.07) is 8.06. The third-order valence-electron chi connectivity index (χ3n) is 3.24. The largest absolute Gasteiger partial charge is 0.490 e. The molecule has 1 fully saturated rings. The minimum atomic E-state index is -0.0739. The topological polar surface area (TPSA) is 59.6 Å². The summed E-state index contributed by atoms with van der Waals surface area (Å²) >= 11 is 0. The third kappa shape index (κ3) is 4.44. The number of nitrogens with two attached hydrogens (primary N) is 1. The van der Waals surface area contributed by atoms with Crippen LogP contribution in [-0.4, -0.2) is 17.6 Å². The van der Waals surface area contributed by atoms with Crippen molar-refractivity contribution >= 4 is 5.96 Å². The number of hydrogen-bond donors (Lipinski definition) is 2. The summed E-state index contributed by atoms with van der Waals surface area (Å²) in [4.78, 5) is 4.39. The van der Waals surface area contributed by atoms with Crippen LogP contribution in [0.4, 0.5) is 0 Å². The monoisotopic (exact) mass is 275 g/mol. The molecule has 0 unspecified atom stereocenters. The number of benzene rings is 1. The summed E-state index contributed by atoms with van der Waals surface area (Å²) in [6.45, 7) is 6.72. The van der Waals surface area contributed by atoms with Gasteiger partial charge in [-0.25, -0.2) is 4.99 Å². The smallest absolute Gasteiger partial charge is 0.189 e. The van der Waals surface area contributed by atoms with Crippen molar-refractivity contribution in [1.29, 1.82) is 0 Å². The summed E-state index contributed by atoms with van der Waals surface area (Å²) in [6.07, 6.45) is 3.97. The predicted molar refractivity (Wildman–Crippen MR) is 82.9 cm³/mol. The lowest BCUT2D eigenvalue weighted by Crippen LogP contribution is -2.44. The molecule has 110 valence electrons. The zero-order valence-corrected chi connectivity index (χ0v) is 12.6. The van der Waals surface area contributed by atoms with Crippen LogP contribution < -0.4 is 15.8 Å². The van der Waals surface area contributed by atoms with Crippen LogP contribution in [0.3, 0.4) is 0 Å². The van der Waals surface area contributed by atoms with E-state index in [9.17, 15) is 0 Å². The molecule has 1 saturated carbocycles. The Labute approximate surface area is 121 Å². The highest BCUT2D eigenvalue weighted by Gasteiger charge is 2.20. The van der Waals surface area contributed by atoms with E-state index in [0.717, 1.165) is 24.2 Å². The fourth-order valence-corrected chi connectivity index (χ4v) is 2.01. The molecule has 0 heterocycles. The molecule has 1 aliphatic rings. The molecule has 20 heavy (non-hydrogen) atoms. The molecule has 1 aromatic rings. The van der Waals surface area contributed by atoms with E-state index in [1.165, 1.54) is 6.42 Å². The SMILES string of the molecule is CC(C)(C)NC(N)=NCc1ccccc1OC1CCC1. The van der Waals surface area contributed by atoms with Crippen molar-refractivity contribution in [2.75, 3.05) is 0 Å². The van der Waals surface area contributed by atoms with Gasteiger partial charge in [0.2, 0.25) is 0 Å². The van der Waals surface area contributed by atoms with Crippen molar-refractivity contribution in [3.05, 3.63) is 29.8 Å². The Morgan fingerprint density at radius 2 is 2.05 bits per heavy atom. The summed E-state index contributed by atoms with van der Waals surface area (Å²) < 4.78 is 5.98. The van der Waals surface area contributed by atoms with Crippen LogP contribution in [0.5, 0.6) is 5.75 Å². The second-order valence-corrected chi connectivity index (χ2v) is 6.35. The number of hydrogen-bond acceptors (Lipinski definition) is 2. The van der Waals surface area contributed by atoms with Gasteiger partial charge in [-0.3, -0.25) is 0 Å². The van der Waals surface area contributed by atoms with Gasteiger partial charge in [0.25, 0.3) is 0 Å². The Balaban J connectivity index is 1.99. The van der Waals surface area contributed by atoms with Gasteiger partial charge in [0, 0.05) is 11.1 Å². The lowest BCUT2D eigenvalue weighted by molar-refractivity contribution is 0.119. The quantitative estimate of drug-likeness (QED) is 0.656. The maximum Gasteiger partial charge on any atom is 0.189 e. The first-order valence-electron chi connectivity index (χ1n) is 7.27. The molecule has 0 spiro atoms. The van der Waals surface area contributed by atoms with Gasteiger partial charge in [-0.15, -0.1) is 0 Å². The van der Waals surface area contributed by atoms with Gasteiger partial charge in [-0.1, -0.05) is 18.2 Å². The molecule has 2 rings (SSSR count). The molecule has 0 amide bonds. The fraction of sp³-hybridized carbons (Fsp3) is 0.562. The molecule has 0 aromatic heterocycles. The minimum absolute atomic E-state index is 0.0739. The van der Waals surface area contributed by atoms with Crippen molar-refractivity contribution in [3.63, 3.8) is 0 Å². The molecular weight excluding hydrogens is 250 g/mol. The molecule has 1 aromatic carbocycles. The summed E-state index contributed by atoms with van der Waals surface area (Å²) in [7, 11) is 0. The number of ether oxygens (including phenoxy) is 1. The Morgan fingerprint density at radius 1 is 1.35 bits per heavy atom. The van der Waals surface area contributed by atoms with Crippen LogP contribution in [-0.2, 0) is 6.54 Å². The molecule has 1 aliphatic carbocycles. The molecule has 4 heteroatoms. The Morgan fingerprint density at radius 3 is 2.65 bits per heavy atom. The van der Waals surface area contributed by atoms with Gasteiger partial charge in [-0.05, 0) is 46.1 Å². The van der Waals surface area contributed by atoms with Crippen LogP contribution in [0, 0.1) is 0 Å². The second kappa shape index (κ2) is 6.16. The van der Waals surface area contributed by atoms with Crippen molar-refractivity contribution < 1.29 is 4.74 Å². The van der Waals surface area contributed by atoms with Gasteiger partial charge in [0.15, 0.2) is 5.96 Å². The highest BCUT2D eigenvalue weighted by Crippen LogP contribution is 2.27. The summed E-state index contributed by atoms with van der Waals surface area (Å²) in [5.41, 5.74) is 6.90. The van der Waals surface area contributed by atoms with Crippen LogP contribution in [0.25, 0.3) is 0 Å². The highest BCUT2D eigenvalue weighted by atomic mass is 16.5. The third-order valence-corrected chi connectivity index (χ3v) is 3.24. The first-order valence-corrected chi connectivity index (χ1v) is 7.27. The maximum absolute atomic E-state index is 5.98. The van der Waals surface area contributed by atoms with Crippen molar-refractivity contribution in [1.82, 2.24) is 5.32 Å². The number of nitrogens with one attached hydrogen (secondary N) is 1. The second-order valence-electron chi connectivity index (χ2n) is 6.35. The highest BCUT2D eigenvalue weighted by molar-refractivity contribution is 5.78. The van der Waals surface area contributed by atoms with Crippen LogP contribution >= 0.6 is 0 Å². The van der Waals surface area contributed by atoms with Crippen LogP contribution in [0.2, 0.25) is 0 Å². The number of guanidine groups is 1. The minimum Gasteiger partial charge on any atom is -0.490 e. The molecule has 0 radical (unpaired) electrons. The van der Waals surface area contributed by atoms with Crippen molar-refractivity contribution in [2.24, 2.45) is 10.7 Å². The van der Waals surface area contributed by atoms with E-state index in [1.807, 2.05) is 24.3 Å². The molecular formula is C16H25N3O. The lowest BCUT2D eigenvalue weighted by atomic mass is 9.96. The number of rotatable bonds is 4. The zero-order valence-electron chi connectivity index (χ0n) is 12.6. The molecule has 0 aliphatic heterocycles. The van der Waals surface area contributed by atoms with E-state index >= 15 is 0 Å². The average Bonchev–Trinajstić information content (AvgIpc) is 2.30. The lowest BCUT2D eigenvalue weighted by Gasteiger charge is -2.27. The standard InChI is InChI=1S/C16H25N3O/c1-16(2,3)19-15(17)18-11-12-7-4-5-10-14(12)20-13-8-6-9-13/h4-5,7,10,13H,6,8-9,11H2,1-3H3,(H3,17,18,19). The van der Waals surface area contributed by atoms with Gasteiger partial charge in [-0.2, -0.15) is 0 Å². The van der Waals surface area contributed by atoms with E-state index in [4.69, 9.17) is 10.5 Å². The first kappa shape index (κ1) is 14.7. The van der Waals surface area contributed by atoms with E-state index in [2.05, 4.69) is 31.1 Å². The first-order chi connectivity index (χ1) is 9.44. The van der Waals surface area contributed by atoms with Crippen LogP contribution in [0.15, 0.2) is 29.3 Å². The van der Waals surface area contributed by atoms with Gasteiger partial charge in [0.1, 0.15) is 5.75 Å².